The van der Waals surface area contributed by atoms with Crippen LogP contribution in [0.4, 0.5) is 18.9 Å². The Balaban J connectivity index is 1.86. The molecule has 2 unspecified atom stereocenters. The monoisotopic (exact) mass is 763 g/mol. The number of amides is 2. The Morgan fingerprint density at radius 3 is 2.08 bits per heavy atom. The van der Waals surface area contributed by atoms with Crippen molar-refractivity contribution in [1.29, 1.82) is 0 Å². The molecule has 4 rings (SSSR count). The van der Waals surface area contributed by atoms with E-state index in [2.05, 4.69) is 21.2 Å². The molecule has 2 amide bonds. The van der Waals surface area contributed by atoms with Crippen LogP contribution in [0.1, 0.15) is 37.0 Å². The second-order valence-electron chi connectivity index (χ2n) is 11.2. The van der Waals surface area contributed by atoms with Gasteiger partial charge in [-0.25, -0.2) is 8.42 Å². The lowest BCUT2D eigenvalue weighted by atomic mass is 10.0. The van der Waals surface area contributed by atoms with Crippen LogP contribution in [0.2, 0.25) is 5.02 Å². The van der Waals surface area contributed by atoms with Gasteiger partial charge in [0.25, 0.3) is 10.0 Å². The molecule has 4 aromatic carbocycles. The highest BCUT2D eigenvalue weighted by Crippen LogP contribution is 2.38. The molecule has 0 bridgehead atoms. The van der Waals surface area contributed by atoms with Crippen molar-refractivity contribution >= 4 is 55.1 Å². The summed E-state index contributed by atoms with van der Waals surface area (Å²) in [5.41, 5.74) is -0.291. The van der Waals surface area contributed by atoms with Gasteiger partial charge in [-0.2, -0.15) is 13.2 Å². The molecule has 254 valence electrons. The Kier molecular flexibility index (Phi) is 12.3. The number of hydrogen-bond acceptors (Lipinski definition) is 4. The molecule has 13 heteroatoms. The molecule has 0 saturated heterocycles. The smallest absolute Gasteiger partial charge is 0.352 e. The third kappa shape index (κ3) is 9.39. The molecule has 7 nitrogen and oxygen atoms in total. The van der Waals surface area contributed by atoms with Gasteiger partial charge in [-0.15, -0.1) is 0 Å². The molecule has 0 aliphatic carbocycles. The van der Waals surface area contributed by atoms with E-state index in [0.717, 1.165) is 22.2 Å². The molecule has 0 heterocycles. The molecular formula is C35H34BrClF3N3O4S. The lowest BCUT2D eigenvalue weighted by molar-refractivity contribution is -0.140. The first-order chi connectivity index (χ1) is 22.7. The molecule has 0 radical (unpaired) electrons. The maximum atomic E-state index is 14.5. The fourth-order valence-electron chi connectivity index (χ4n) is 4.92. The zero-order valence-electron chi connectivity index (χ0n) is 26.1. The maximum absolute atomic E-state index is 14.5. The van der Waals surface area contributed by atoms with Crippen LogP contribution in [-0.4, -0.2) is 43.8 Å². The second kappa shape index (κ2) is 16.0. The zero-order chi connectivity index (χ0) is 35.1. The molecule has 0 saturated carbocycles. The predicted octanol–water partition coefficient (Wildman–Crippen LogP) is 7.87. The van der Waals surface area contributed by atoms with E-state index >= 15 is 0 Å². The topological polar surface area (TPSA) is 86.8 Å². The van der Waals surface area contributed by atoms with Crippen molar-refractivity contribution in [1.82, 2.24) is 10.2 Å². The molecule has 0 aliphatic rings. The number of carbonyl (C=O) groups is 2. The van der Waals surface area contributed by atoms with Crippen LogP contribution >= 0.6 is 27.5 Å². The van der Waals surface area contributed by atoms with Gasteiger partial charge in [0.1, 0.15) is 12.6 Å². The lowest BCUT2D eigenvalue weighted by Gasteiger charge is -2.34. The van der Waals surface area contributed by atoms with Crippen molar-refractivity contribution in [3.63, 3.8) is 0 Å². The van der Waals surface area contributed by atoms with Crippen molar-refractivity contribution in [2.75, 3.05) is 10.8 Å². The summed E-state index contributed by atoms with van der Waals surface area (Å²) in [6.07, 6.45) is -4.19. The predicted molar refractivity (Wildman–Crippen MR) is 184 cm³/mol. The van der Waals surface area contributed by atoms with Gasteiger partial charge in [-0.3, -0.25) is 13.9 Å². The van der Waals surface area contributed by atoms with Gasteiger partial charge in [0.2, 0.25) is 11.8 Å². The van der Waals surface area contributed by atoms with Gasteiger partial charge >= 0.3 is 6.18 Å². The van der Waals surface area contributed by atoms with Crippen molar-refractivity contribution < 1.29 is 31.2 Å². The molecular weight excluding hydrogens is 731 g/mol. The number of halogens is 5. The first-order valence-electron chi connectivity index (χ1n) is 15.0. The molecule has 0 fully saturated rings. The third-order valence-electron chi connectivity index (χ3n) is 7.69. The number of anilines is 1. The Morgan fingerprint density at radius 2 is 1.50 bits per heavy atom. The Morgan fingerprint density at radius 1 is 0.896 bits per heavy atom. The van der Waals surface area contributed by atoms with Crippen LogP contribution in [-0.2, 0) is 38.8 Å². The minimum atomic E-state index is -4.90. The summed E-state index contributed by atoms with van der Waals surface area (Å²) in [5, 5.41) is 2.31. The summed E-state index contributed by atoms with van der Waals surface area (Å²) in [6, 6.07) is 24.5. The van der Waals surface area contributed by atoms with Gasteiger partial charge in [0.15, 0.2) is 0 Å². The highest BCUT2D eigenvalue weighted by Gasteiger charge is 2.37. The molecule has 0 spiro atoms. The highest BCUT2D eigenvalue weighted by molar-refractivity contribution is 9.10. The van der Waals surface area contributed by atoms with Crippen molar-refractivity contribution in [3.05, 3.63) is 129 Å². The number of alkyl halides is 3. The van der Waals surface area contributed by atoms with E-state index in [0.29, 0.717) is 22.4 Å². The van der Waals surface area contributed by atoms with Crippen LogP contribution in [0.25, 0.3) is 0 Å². The Bertz CT molecular complexity index is 1810. The molecule has 48 heavy (non-hydrogen) atoms. The molecule has 4 aromatic rings. The van der Waals surface area contributed by atoms with E-state index in [1.807, 2.05) is 32.0 Å². The number of nitrogens with zero attached hydrogens (tertiary/aromatic N) is 2. The van der Waals surface area contributed by atoms with Gasteiger partial charge in [0, 0.05) is 23.5 Å². The minimum absolute atomic E-state index is 0.0921. The van der Waals surface area contributed by atoms with E-state index in [1.54, 1.807) is 42.5 Å². The fraction of sp³-hybridized carbons (Fsp3) is 0.257. The summed E-state index contributed by atoms with van der Waals surface area (Å²) in [6.45, 7) is 2.72. The fourth-order valence-corrected chi connectivity index (χ4v) is 6.83. The highest BCUT2D eigenvalue weighted by atomic mass is 79.9. The Labute approximate surface area is 291 Å². The van der Waals surface area contributed by atoms with Crippen LogP contribution in [0.15, 0.2) is 112 Å². The third-order valence-corrected chi connectivity index (χ3v) is 10.3. The SMILES string of the molecule is CCC(C)NC(=O)C(Cc1ccccc1)N(Cc1ccc(Br)cc1)C(=O)CN(c1ccc(Cl)c(C(F)(F)F)c1)S(=O)(=O)c1ccccc1. The summed E-state index contributed by atoms with van der Waals surface area (Å²) in [4.78, 5) is 29.4. The van der Waals surface area contributed by atoms with Crippen LogP contribution in [0, 0.1) is 0 Å². The van der Waals surface area contributed by atoms with Gasteiger partial charge < -0.3 is 10.2 Å². The first kappa shape index (κ1) is 37.0. The zero-order valence-corrected chi connectivity index (χ0v) is 29.3. The standard InChI is InChI=1S/C35H34BrClF3N3O4S/c1-3-24(2)41-34(45)32(20-25-10-6-4-7-11-25)42(22-26-14-16-27(36)17-15-26)33(44)23-43(48(46,47)29-12-8-5-9-13-29)28-18-19-31(37)30(21-28)35(38,39)40/h4-19,21,24,32H,3,20,22-23H2,1-2H3,(H,41,45). The number of benzene rings is 4. The minimum Gasteiger partial charge on any atom is -0.352 e. The van der Waals surface area contributed by atoms with Crippen LogP contribution in [0.5, 0.6) is 0 Å². The average molecular weight is 765 g/mol. The van der Waals surface area contributed by atoms with E-state index in [4.69, 9.17) is 11.6 Å². The van der Waals surface area contributed by atoms with E-state index in [-0.39, 0.29) is 23.9 Å². The number of nitrogens with one attached hydrogen (secondary N) is 1. The molecule has 0 aromatic heterocycles. The average Bonchev–Trinajstić information content (AvgIpc) is 3.06. The van der Waals surface area contributed by atoms with Crippen molar-refractivity contribution in [2.24, 2.45) is 0 Å². The van der Waals surface area contributed by atoms with E-state index in [1.165, 1.54) is 29.2 Å². The first-order valence-corrected chi connectivity index (χ1v) is 17.6. The quantitative estimate of drug-likeness (QED) is 0.150. The summed E-state index contributed by atoms with van der Waals surface area (Å²) in [7, 11) is -4.60. The van der Waals surface area contributed by atoms with Gasteiger partial charge in [-0.05, 0) is 66.9 Å². The van der Waals surface area contributed by atoms with E-state index < -0.39 is 56.9 Å². The normalized spacial score (nSPS) is 13.0. The van der Waals surface area contributed by atoms with E-state index in [9.17, 15) is 31.2 Å². The van der Waals surface area contributed by atoms with Crippen LogP contribution in [0.3, 0.4) is 0 Å². The number of carbonyl (C=O) groups excluding carboxylic acids is 2. The lowest BCUT2D eigenvalue weighted by Crippen LogP contribution is -2.54. The molecule has 1 N–H and O–H groups in total. The summed E-state index contributed by atoms with van der Waals surface area (Å²) < 4.78 is 71.3. The molecule has 2 atom stereocenters. The summed E-state index contributed by atoms with van der Waals surface area (Å²) in [5.74, 6) is -1.26. The number of rotatable bonds is 13. The van der Waals surface area contributed by atoms with Gasteiger partial charge in [0.05, 0.1) is 21.2 Å². The Hall–Kier alpha value is -3.87. The van der Waals surface area contributed by atoms with Crippen LogP contribution < -0.4 is 9.62 Å². The number of hydrogen-bond donors (Lipinski definition) is 1. The number of sulfonamides is 1. The maximum Gasteiger partial charge on any atom is 0.417 e. The molecule has 0 aliphatic heterocycles. The summed E-state index contributed by atoms with van der Waals surface area (Å²) >= 11 is 9.26. The largest absolute Gasteiger partial charge is 0.417 e. The van der Waals surface area contributed by atoms with Crippen molar-refractivity contribution in [3.8, 4) is 0 Å². The van der Waals surface area contributed by atoms with Gasteiger partial charge in [-0.1, -0.05) is 95.1 Å². The second-order valence-corrected chi connectivity index (χ2v) is 14.3. The van der Waals surface area contributed by atoms with Crippen molar-refractivity contribution in [2.45, 2.75) is 56.4 Å².